The molecule has 29 heavy (non-hydrogen) atoms. The van der Waals surface area contributed by atoms with Gasteiger partial charge in [0, 0.05) is 26.2 Å². The van der Waals surface area contributed by atoms with Crippen molar-refractivity contribution in [1.29, 1.82) is 0 Å². The first-order valence-corrected chi connectivity index (χ1v) is 10.8. The lowest BCUT2D eigenvalue weighted by molar-refractivity contribution is -0.115. The van der Waals surface area contributed by atoms with Gasteiger partial charge in [-0.1, -0.05) is 23.5 Å². The summed E-state index contributed by atoms with van der Waals surface area (Å²) in [6.07, 6.45) is 0.102. The molecule has 0 aliphatic carbocycles. The van der Waals surface area contributed by atoms with Gasteiger partial charge < -0.3 is 14.8 Å². The summed E-state index contributed by atoms with van der Waals surface area (Å²) >= 11 is 1.33. The Bertz CT molecular complexity index is 1100. The first-order chi connectivity index (χ1) is 13.7. The molecule has 10 heteroatoms. The molecule has 1 amide bonds. The fourth-order valence-electron chi connectivity index (χ4n) is 2.65. The van der Waals surface area contributed by atoms with Gasteiger partial charge in [0.2, 0.25) is 15.9 Å². The highest BCUT2D eigenvalue weighted by atomic mass is 32.2. The Labute approximate surface area is 173 Å². The summed E-state index contributed by atoms with van der Waals surface area (Å²) in [5.41, 5.74) is 1.39. The summed E-state index contributed by atoms with van der Waals surface area (Å²) in [5, 5.41) is 3.24. The maximum Gasteiger partial charge on any atom is 0.242 e. The zero-order valence-electron chi connectivity index (χ0n) is 16.4. The largest absolute Gasteiger partial charge is 0.493 e. The standard InChI is InChI=1S/C19H21N3O5S2/c1-22(2)29(24,25)13-7-5-12(6-8-13)9-18(23)21-19-20-14-10-15(26-3)16(27-4)11-17(14)28-19/h5-8,10-11H,9H2,1-4H3,(H,20,21,23). The Balaban J connectivity index is 1.72. The van der Waals surface area contributed by atoms with Crippen LogP contribution in [0.2, 0.25) is 0 Å². The zero-order valence-corrected chi connectivity index (χ0v) is 18.1. The van der Waals surface area contributed by atoms with Gasteiger partial charge in [-0.15, -0.1) is 0 Å². The molecule has 0 spiro atoms. The topological polar surface area (TPSA) is 97.8 Å². The minimum atomic E-state index is -3.49. The van der Waals surface area contributed by atoms with E-state index in [4.69, 9.17) is 9.47 Å². The first kappa shape index (κ1) is 21.0. The van der Waals surface area contributed by atoms with E-state index in [2.05, 4.69) is 10.3 Å². The highest BCUT2D eigenvalue weighted by Crippen LogP contribution is 2.36. The summed E-state index contributed by atoms with van der Waals surface area (Å²) in [5.74, 6) is 0.913. The highest BCUT2D eigenvalue weighted by Gasteiger charge is 2.17. The Morgan fingerprint density at radius 1 is 1.10 bits per heavy atom. The average molecular weight is 436 g/mol. The Kier molecular flexibility index (Phi) is 6.06. The van der Waals surface area contributed by atoms with Crippen molar-refractivity contribution in [1.82, 2.24) is 9.29 Å². The summed E-state index contributed by atoms with van der Waals surface area (Å²) in [6, 6.07) is 9.81. The number of fused-ring (bicyclic) bond motifs is 1. The molecule has 154 valence electrons. The number of ether oxygens (including phenoxy) is 2. The molecule has 1 aromatic heterocycles. The summed E-state index contributed by atoms with van der Waals surface area (Å²) in [7, 11) is 2.56. The fraction of sp³-hybridized carbons (Fsp3) is 0.263. The van der Waals surface area contributed by atoms with E-state index in [9.17, 15) is 13.2 Å². The van der Waals surface area contributed by atoms with E-state index < -0.39 is 10.0 Å². The third-order valence-corrected chi connectivity index (χ3v) is 6.97. The smallest absolute Gasteiger partial charge is 0.242 e. The Hall–Kier alpha value is -2.69. The van der Waals surface area contributed by atoms with Gasteiger partial charge in [0.15, 0.2) is 16.6 Å². The maximum atomic E-state index is 12.4. The number of thiazole rings is 1. The van der Waals surface area contributed by atoms with E-state index in [1.807, 2.05) is 6.07 Å². The number of carbonyl (C=O) groups is 1. The van der Waals surface area contributed by atoms with E-state index in [1.165, 1.54) is 37.6 Å². The SMILES string of the molecule is COc1cc2nc(NC(=O)Cc3ccc(S(=O)(=O)N(C)C)cc3)sc2cc1OC. The van der Waals surface area contributed by atoms with Crippen LogP contribution in [-0.2, 0) is 21.2 Å². The molecule has 3 aromatic rings. The molecule has 1 N–H and O–H groups in total. The average Bonchev–Trinajstić information content (AvgIpc) is 3.07. The second-order valence-electron chi connectivity index (χ2n) is 6.35. The minimum Gasteiger partial charge on any atom is -0.493 e. The van der Waals surface area contributed by atoms with Crippen molar-refractivity contribution in [3.63, 3.8) is 0 Å². The summed E-state index contributed by atoms with van der Waals surface area (Å²) < 4.78 is 36.8. The lowest BCUT2D eigenvalue weighted by atomic mass is 10.1. The number of amides is 1. The summed E-state index contributed by atoms with van der Waals surface area (Å²) in [4.78, 5) is 17.0. The van der Waals surface area contributed by atoms with E-state index in [0.717, 1.165) is 9.01 Å². The van der Waals surface area contributed by atoms with Crippen LogP contribution in [0.1, 0.15) is 5.56 Å². The molecule has 2 aromatic carbocycles. The van der Waals surface area contributed by atoms with Crippen molar-refractivity contribution < 1.29 is 22.7 Å². The van der Waals surface area contributed by atoms with Crippen LogP contribution in [-0.4, -0.2) is 51.9 Å². The molecule has 0 aliphatic rings. The lowest BCUT2D eigenvalue weighted by Gasteiger charge is -2.11. The maximum absolute atomic E-state index is 12.4. The zero-order chi connectivity index (χ0) is 21.2. The van der Waals surface area contributed by atoms with Crippen molar-refractivity contribution in [2.45, 2.75) is 11.3 Å². The van der Waals surface area contributed by atoms with E-state index in [-0.39, 0.29) is 17.2 Å². The molecular formula is C19H21N3O5S2. The van der Waals surface area contributed by atoms with Gasteiger partial charge >= 0.3 is 0 Å². The molecule has 0 fully saturated rings. The van der Waals surface area contributed by atoms with Crippen molar-refractivity contribution in [2.75, 3.05) is 33.6 Å². The molecule has 0 saturated heterocycles. The van der Waals surface area contributed by atoms with Gasteiger partial charge in [-0.05, 0) is 17.7 Å². The van der Waals surface area contributed by atoms with E-state index in [0.29, 0.717) is 27.7 Å². The van der Waals surface area contributed by atoms with Crippen LogP contribution in [0.3, 0.4) is 0 Å². The van der Waals surface area contributed by atoms with E-state index >= 15 is 0 Å². The van der Waals surface area contributed by atoms with Crippen molar-refractivity contribution >= 4 is 42.6 Å². The van der Waals surface area contributed by atoms with Crippen LogP contribution >= 0.6 is 11.3 Å². The second kappa shape index (κ2) is 8.36. The monoisotopic (exact) mass is 435 g/mol. The van der Waals surface area contributed by atoms with Crippen molar-refractivity contribution in [2.24, 2.45) is 0 Å². The molecular weight excluding hydrogens is 414 g/mol. The van der Waals surface area contributed by atoms with Crippen LogP contribution in [0.4, 0.5) is 5.13 Å². The van der Waals surface area contributed by atoms with Gasteiger partial charge in [0.05, 0.1) is 35.8 Å². The molecule has 1 heterocycles. The number of anilines is 1. The summed E-state index contributed by atoms with van der Waals surface area (Å²) in [6.45, 7) is 0. The van der Waals surface area contributed by atoms with E-state index in [1.54, 1.807) is 32.4 Å². The van der Waals surface area contributed by atoms with Crippen LogP contribution in [0.15, 0.2) is 41.3 Å². The number of nitrogens with zero attached hydrogens (tertiary/aromatic N) is 2. The van der Waals surface area contributed by atoms with Crippen LogP contribution < -0.4 is 14.8 Å². The number of hydrogen-bond acceptors (Lipinski definition) is 7. The lowest BCUT2D eigenvalue weighted by Crippen LogP contribution is -2.22. The number of nitrogens with one attached hydrogen (secondary N) is 1. The van der Waals surface area contributed by atoms with Gasteiger partial charge in [-0.2, -0.15) is 0 Å². The highest BCUT2D eigenvalue weighted by molar-refractivity contribution is 7.89. The molecule has 0 aliphatic heterocycles. The predicted octanol–water partition coefficient (Wildman–Crippen LogP) is 2.75. The molecule has 0 atom stereocenters. The number of benzene rings is 2. The third kappa shape index (κ3) is 4.50. The number of methoxy groups -OCH3 is 2. The van der Waals surface area contributed by atoms with Gasteiger partial charge in [-0.3, -0.25) is 4.79 Å². The normalized spacial score (nSPS) is 11.6. The quantitative estimate of drug-likeness (QED) is 0.613. The van der Waals surface area contributed by atoms with Gasteiger partial charge in [0.1, 0.15) is 0 Å². The molecule has 0 unspecified atom stereocenters. The molecule has 8 nitrogen and oxygen atoms in total. The predicted molar refractivity (Wildman–Crippen MR) is 112 cm³/mol. The van der Waals surface area contributed by atoms with Crippen LogP contribution in [0.25, 0.3) is 10.2 Å². The molecule has 0 radical (unpaired) electrons. The Morgan fingerprint density at radius 2 is 1.72 bits per heavy atom. The van der Waals surface area contributed by atoms with Gasteiger partial charge in [-0.25, -0.2) is 17.7 Å². The molecule has 0 saturated carbocycles. The number of rotatable bonds is 7. The van der Waals surface area contributed by atoms with Crippen LogP contribution in [0, 0.1) is 0 Å². The minimum absolute atomic E-state index is 0.102. The first-order valence-electron chi connectivity index (χ1n) is 8.58. The number of hydrogen-bond donors (Lipinski definition) is 1. The fourth-order valence-corrected chi connectivity index (χ4v) is 4.44. The van der Waals surface area contributed by atoms with Gasteiger partial charge in [0.25, 0.3) is 0 Å². The molecule has 3 rings (SSSR count). The number of carbonyl (C=O) groups excluding carboxylic acids is 1. The van der Waals surface area contributed by atoms with Crippen molar-refractivity contribution in [3.05, 3.63) is 42.0 Å². The number of sulfonamides is 1. The number of aromatic nitrogens is 1. The molecule has 0 bridgehead atoms. The second-order valence-corrected chi connectivity index (χ2v) is 9.53. The Morgan fingerprint density at radius 3 is 2.31 bits per heavy atom. The third-order valence-electron chi connectivity index (χ3n) is 4.21. The van der Waals surface area contributed by atoms with Crippen molar-refractivity contribution in [3.8, 4) is 11.5 Å². The van der Waals surface area contributed by atoms with Crippen LogP contribution in [0.5, 0.6) is 11.5 Å².